The molecule has 1 aliphatic heterocycles. The maximum Gasteiger partial charge on any atom is 0.129 e. The molecular formula is C13H18BrClN2. The molecule has 0 aliphatic carbocycles. The molecule has 2 nitrogen and oxygen atoms in total. The summed E-state index contributed by atoms with van der Waals surface area (Å²) < 4.78 is 1.08. The third kappa shape index (κ3) is 3.14. The second kappa shape index (κ2) is 6.05. The van der Waals surface area contributed by atoms with Crippen molar-refractivity contribution in [1.82, 2.24) is 4.98 Å². The highest BCUT2D eigenvalue weighted by Crippen LogP contribution is 2.27. The molecule has 4 heteroatoms. The van der Waals surface area contributed by atoms with Crippen LogP contribution in [0.3, 0.4) is 0 Å². The fourth-order valence-corrected chi connectivity index (χ4v) is 2.88. The van der Waals surface area contributed by atoms with Crippen molar-refractivity contribution in [3.8, 4) is 0 Å². The van der Waals surface area contributed by atoms with Crippen molar-refractivity contribution < 1.29 is 0 Å². The number of hydrogen-bond donors (Lipinski definition) is 0. The summed E-state index contributed by atoms with van der Waals surface area (Å²) in [7, 11) is 0. The Labute approximate surface area is 116 Å². The molecule has 1 fully saturated rings. The Kier molecular flexibility index (Phi) is 4.69. The average molecular weight is 318 g/mol. The molecule has 2 heterocycles. The van der Waals surface area contributed by atoms with E-state index >= 15 is 0 Å². The van der Waals surface area contributed by atoms with Crippen LogP contribution in [0.15, 0.2) is 16.7 Å². The molecule has 0 N–H and O–H groups in total. The van der Waals surface area contributed by atoms with Gasteiger partial charge in [0.2, 0.25) is 0 Å². The second-order valence-electron chi connectivity index (χ2n) is 4.61. The van der Waals surface area contributed by atoms with Gasteiger partial charge in [0, 0.05) is 29.1 Å². The summed E-state index contributed by atoms with van der Waals surface area (Å²) in [5.41, 5.74) is 1.24. The highest BCUT2D eigenvalue weighted by molar-refractivity contribution is 9.10. The monoisotopic (exact) mass is 316 g/mol. The molecule has 94 valence electrons. The Balaban J connectivity index is 2.20. The summed E-state index contributed by atoms with van der Waals surface area (Å²) in [5, 5.41) is 0. The van der Waals surface area contributed by atoms with Gasteiger partial charge in [0.25, 0.3) is 0 Å². The predicted octanol–water partition coefficient (Wildman–Crippen LogP) is 4.14. The topological polar surface area (TPSA) is 16.1 Å². The molecule has 2 rings (SSSR count). The SMILES string of the molecule is Cc1cc(N2CCCCC2CCCl)ncc1Br. The highest BCUT2D eigenvalue weighted by Gasteiger charge is 2.23. The van der Waals surface area contributed by atoms with Gasteiger partial charge in [-0.1, -0.05) is 0 Å². The van der Waals surface area contributed by atoms with Gasteiger partial charge in [-0.05, 0) is 60.2 Å². The van der Waals surface area contributed by atoms with Gasteiger partial charge in [-0.2, -0.15) is 0 Å². The molecule has 1 saturated heterocycles. The zero-order valence-electron chi connectivity index (χ0n) is 10.1. The minimum Gasteiger partial charge on any atom is -0.354 e. The molecule has 1 aromatic rings. The van der Waals surface area contributed by atoms with Crippen molar-refractivity contribution in [1.29, 1.82) is 0 Å². The standard InChI is InChI=1S/C13H18BrClN2/c1-10-8-13(16-9-12(10)14)17-7-3-2-4-11(17)5-6-15/h8-9,11H,2-7H2,1H3. The number of alkyl halides is 1. The van der Waals surface area contributed by atoms with Gasteiger partial charge in [-0.15, -0.1) is 11.6 Å². The number of pyridine rings is 1. The predicted molar refractivity (Wildman–Crippen MR) is 77.0 cm³/mol. The normalized spacial score (nSPS) is 20.6. The summed E-state index contributed by atoms with van der Waals surface area (Å²) in [5.74, 6) is 1.83. The van der Waals surface area contributed by atoms with Crippen LogP contribution in [-0.2, 0) is 0 Å². The summed E-state index contributed by atoms with van der Waals surface area (Å²) in [6.07, 6.45) is 6.77. The van der Waals surface area contributed by atoms with E-state index in [1.165, 1.54) is 24.8 Å². The Morgan fingerprint density at radius 2 is 2.35 bits per heavy atom. The zero-order valence-corrected chi connectivity index (χ0v) is 12.5. The van der Waals surface area contributed by atoms with Crippen LogP contribution in [0.5, 0.6) is 0 Å². The fourth-order valence-electron chi connectivity index (χ4n) is 2.41. The molecule has 0 aromatic carbocycles. The Morgan fingerprint density at radius 1 is 1.53 bits per heavy atom. The summed E-state index contributed by atoms with van der Waals surface area (Å²) in [4.78, 5) is 6.95. The number of hydrogen-bond acceptors (Lipinski definition) is 2. The largest absolute Gasteiger partial charge is 0.354 e. The van der Waals surface area contributed by atoms with E-state index in [0.717, 1.165) is 29.1 Å². The zero-order chi connectivity index (χ0) is 12.3. The first kappa shape index (κ1) is 13.2. The van der Waals surface area contributed by atoms with Crippen molar-refractivity contribution in [3.63, 3.8) is 0 Å². The van der Waals surface area contributed by atoms with Gasteiger partial charge in [0.1, 0.15) is 5.82 Å². The molecule has 0 radical (unpaired) electrons. The van der Waals surface area contributed by atoms with Crippen molar-refractivity contribution in [2.75, 3.05) is 17.3 Å². The minimum atomic E-state index is 0.564. The lowest BCUT2D eigenvalue weighted by Crippen LogP contribution is -2.40. The minimum absolute atomic E-state index is 0.564. The van der Waals surface area contributed by atoms with Crippen LogP contribution in [0, 0.1) is 6.92 Å². The maximum absolute atomic E-state index is 5.89. The first-order valence-electron chi connectivity index (χ1n) is 6.17. The van der Waals surface area contributed by atoms with Gasteiger partial charge in [0.15, 0.2) is 0 Å². The Morgan fingerprint density at radius 3 is 3.06 bits per heavy atom. The lowest BCUT2D eigenvalue weighted by Gasteiger charge is -2.36. The number of halogens is 2. The van der Waals surface area contributed by atoms with Gasteiger partial charge in [0.05, 0.1) is 0 Å². The number of piperidine rings is 1. The molecule has 0 saturated carbocycles. The van der Waals surface area contributed by atoms with Gasteiger partial charge in [-0.25, -0.2) is 4.98 Å². The van der Waals surface area contributed by atoms with E-state index < -0.39 is 0 Å². The lowest BCUT2D eigenvalue weighted by molar-refractivity contribution is 0.448. The summed E-state index contributed by atoms with van der Waals surface area (Å²) >= 11 is 9.39. The van der Waals surface area contributed by atoms with Crippen LogP contribution in [-0.4, -0.2) is 23.5 Å². The highest BCUT2D eigenvalue weighted by atomic mass is 79.9. The molecule has 1 aromatic heterocycles. The van der Waals surface area contributed by atoms with Gasteiger partial charge in [-0.3, -0.25) is 0 Å². The maximum atomic E-state index is 5.89. The van der Waals surface area contributed by atoms with Crippen LogP contribution in [0.1, 0.15) is 31.2 Å². The lowest BCUT2D eigenvalue weighted by atomic mass is 10.00. The van der Waals surface area contributed by atoms with E-state index in [4.69, 9.17) is 11.6 Å². The molecule has 0 spiro atoms. The van der Waals surface area contributed by atoms with Crippen LogP contribution in [0.2, 0.25) is 0 Å². The quantitative estimate of drug-likeness (QED) is 0.779. The third-order valence-corrected chi connectivity index (χ3v) is 4.44. The van der Waals surface area contributed by atoms with Crippen LogP contribution in [0.4, 0.5) is 5.82 Å². The summed E-state index contributed by atoms with van der Waals surface area (Å²) in [6.45, 7) is 3.21. The molecule has 1 unspecified atom stereocenters. The number of aromatic nitrogens is 1. The molecule has 1 aliphatic rings. The van der Waals surface area contributed by atoms with Crippen molar-refractivity contribution in [2.24, 2.45) is 0 Å². The first-order valence-corrected chi connectivity index (χ1v) is 7.50. The number of aryl methyl sites for hydroxylation is 1. The van der Waals surface area contributed by atoms with E-state index in [1.807, 2.05) is 6.20 Å². The smallest absolute Gasteiger partial charge is 0.129 e. The first-order chi connectivity index (χ1) is 8.22. The van der Waals surface area contributed by atoms with Crippen molar-refractivity contribution in [3.05, 3.63) is 22.3 Å². The molecule has 17 heavy (non-hydrogen) atoms. The van der Waals surface area contributed by atoms with Crippen LogP contribution in [0.25, 0.3) is 0 Å². The number of rotatable bonds is 3. The van der Waals surface area contributed by atoms with Gasteiger partial charge < -0.3 is 4.90 Å². The Bertz CT molecular complexity index is 382. The van der Waals surface area contributed by atoms with E-state index in [1.54, 1.807) is 0 Å². The van der Waals surface area contributed by atoms with Crippen LogP contribution >= 0.6 is 27.5 Å². The number of anilines is 1. The van der Waals surface area contributed by atoms with E-state index in [2.05, 4.69) is 38.8 Å². The fraction of sp³-hybridized carbons (Fsp3) is 0.615. The number of nitrogens with zero attached hydrogens (tertiary/aromatic N) is 2. The molecule has 0 amide bonds. The van der Waals surface area contributed by atoms with Crippen molar-refractivity contribution in [2.45, 2.75) is 38.6 Å². The van der Waals surface area contributed by atoms with E-state index in [9.17, 15) is 0 Å². The Hall–Kier alpha value is -0.280. The van der Waals surface area contributed by atoms with Crippen LogP contribution < -0.4 is 4.90 Å². The molecular weight excluding hydrogens is 300 g/mol. The summed E-state index contributed by atoms with van der Waals surface area (Å²) in [6, 6.07) is 2.73. The third-order valence-electron chi connectivity index (χ3n) is 3.40. The van der Waals surface area contributed by atoms with Gasteiger partial charge >= 0.3 is 0 Å². The molecule has 1 atom stereocenters. The average Bonchev–Trinajstić information content (AvgIpc) is 2.34. The van der Waals surface area contributed by atoms with Crippen molar-refractivity contribution >= 4 is 33.3 Å². The van der Waals surface area contributed by atoms with E-state index in [0.29, 0.717) is 6.04 Å². The molecule has 0 bridgehead atoms. The second-order valence-corrected chi connectivity index (χ2v) is 5.84. The van der Waals surface area contributed by atoms with E-state index in [-0.39, 0.29) is 0 Å².